The van der Waals surface area contributed by atoms with Gasteiger partial charge in [-0.15, -0.1) is 0 Å². The quantitative estimate of drug-likeness (QED) is 0.699. The maximum absolute atomic E-state index is 12.9. The number of nitrogens with one attached hydrogen (secondary N) is 1. The van der Waals surface area contributed by atoms with Gasteiger partial charge in [-0.25, -0.2) is 4.39 Å². The molecule has 3 aromatic rings. The van der Waals surface area contributed by atoms with E-state index in [0.717, 1.165) is 29.2 Å². The largest absolute Gasteiger partial charge is 0.457 e. The van der Waals surface area contributed by atoms with Crippen molar-refractivity contribution in [2.75, 3.05) is 0 Å². The molecule has 0 amide bonds. The topological polar surface area (TPSA) is 21.3 Å². The van der Waals surface area contributed by atoms with E-state index in [0.29, 0.717) is 6.54 Å². The van der Waals surface area contributed by atoms with Crippen LogP contribution in [0.1, 0.15) is 11.1 Å². The second-order valence-corrected chi connectivity index (χ2v) is 5.29. The molecule has 0 heterocycles. The van der Waals surface area contributed by atoms with Crippen molar-refractivity contribution in [3.05, 3.63) is 95.8 Å². The maximum atomic E-state index is 12.9. The van der Waals surface area contributed by atoms with Gasteiger partial charge in [0.2, 0.25) is 0 Å². The third-order valence-electron chi connectivity index (χ3n) is 3.45. The number of hydrogen-bond donors (Lipinski definition) is 1. The summed E-state index contributed by atoms with van der Waals surface area (Å²) in [6.07, 6.45) is 0. The first-order valence-corrected chi connectivity index (χ1v) is 7.56. The fourth-order valence-corrected chi connectivity index (χ4v) is 2.30. The lowest BCUT2D eigenvalue weighted by Gasteiger charge is -2.09. The van der Waals surface area contributed by atoms with Crippen molar-refractivity contribution < 1.29 is 9.13 Å². The third kappa shape index (κ3) is 4.66. The Balaban J connectivity index is 1.56. The Kier molecular flexibility index (Phi) is 5.02. The van der Waals surface area contributed by atoms with Crippen LogP contribution in [0.4, 0.5) is 4.39 Å². The van der Waals surface area contributed by atoms with Gasteiger partial charge in [0.15, 0.2) is 0 Å². The number of hydrogen-bond acceptors (Lipinski definition) is 2. The minimum Gasteiger partial charge on any atom is -0.457 e. The van der Waals surface area contributed by atoms with Gasteiger partial charge in [-0.2, -0.15) is 0 Å². The molecule has 3 aromatic carbocycles. The van der Waals surface area contributed by atoms with Gasteiger partial charge in [-0.05, 0) is 47.5 Å². The molecule has 0 atom stereocenters. The zero-order chi connectivity index (χ0) is 15.9. The Hall–Kier alpha value is -2.65. The number of ether oxygens (including phenoxy) is 1. The second-order valence-electron chi connectivity index (χ2n) is 5.29. The monoisotopic (exact) mass is 307 g/mol. The fourth-order valence-electron chi connectivity index (χ4n) is 2.30. The summed E-state index contributed by atoms with van der Waals surface area (Å²) in [4.78, 5) is 0. The van der Waals surface area contributed by atoms with Gasteiger partial charge in [-0.3, -0.25) is 0 Å². The van der Waals surface area contributed by atoms with Crippen LogP contribution in [0, 0.1) is 5.82 Å². The molecular formula is C20H18FNO. The highest BCUT2D eigenvalue weighted by Gasteiger charge is 2.00. The molecule has 0 aliphatic heterocycles. The van der Waals surface area contributed by atoms with Gasteiger partial charge in [0.1, 0.15) is 17.3 Å². The molecule has 0 fully saturated rings. The molecule has 0 saturated carbocycles. The lowest BCUT2D eigenvalue weighted by molar-refractivity contribution is 0.481. The summed E-state index contributed by atoms with van der Waals surface area (Å²) in [6.45, 7) is 1.42. The molecular weight excluding hydrogens is 289 g/mol. The van der Waals surface area contributed by atoms with Gasteiger partial charge in [0.05, 0.1) is 0 Å². The van der Waals surface area contributed by atoms with E-state index in [-0.39, 0.29) is 5.82 Å². The van der Waals surface area contributed by atoms with Crippen molar-refractivity contribution in [1.82, 2.24) is 5.32 Å². The molecule has 0 spiro atoms. The summed E-state index contributed by atoms with van der Waals surface area (Å²) in [5, 5.41) is 3.35. The lowest BCUT2D eigenvalue weighted by Crippen LogP contribution is -2.12. The Morgan fingerprint density at radius 1 is 0.696 bits per heavy atom. The molecule has 1 N–H and O–H groups in total. The summed E-state index contributed by atoms with van der Waals surface area (Å²) >= 11 is 0. The molecule has 3 rings (SSSR count). The first-order valence-electron chi connectivity index (χ1n) is 7.56. The zero-order valence-electron chi connectivity index (χ0n) is 12.7. The molecule has 0 unspecified atom stereocenters. The number of para-hydroxylation sites is 1. The number of halogens is 1. The molecule has 0 aliphatic rings. The summed E-state index contributed by atoms with van der Waals surface area (Å²) in [6, 6.07) is 24.2. The Labute approximate surface area is 135 Å². The molecule has 116 valence electrons. The van der Waals surface area contributed by atoms with Crippen LogP contribution in [0.3, 0.4) is 0 Å². The highest BCUT2D eigenvalue weighted by atomic mass is 19.1. The van der Waals surface area contributed by atoms with Crippen molar-refractivity contribution in [1.29, 1.82) is 0 Å². The normalized spacial score (nSPS) is 10.5. The molecule has 0 bridgehead atoms. The summed E-state index contributed by atoms with van der Waals surface area (Å²) in [5.41, 5.74) is 2.20. The fraction of sp³-hybridized carbons (Fsp3) is 0.100. The molecule has 23 heavy (non-hydrogen) atoms. The van der Waals surface area contributed by atoms with E-state index in [1.807, 2.05) is 48.5 Å². The van der Waals surface area contributed by atoms with Crippen molar-refractivity contribution in [3.63, 3.8) is 0 Å². The predicted octanol–water partition coefficient (Wildman–Crippen LogP) is 4.91. The summed E-state index contributed by atoms with van der Waals surface area (Å²) in [7, 11) is 0. The van der Waals surface area contributed by atoms with Crippen LogP contribution in [0.25, 0.3) is 0 Å². The molecule has 2 nitrogen and oxygen atoms in total. The van der Waals surface area contributed by atoms with Gasteiger partial charge >= 0.3 is 0 Å². The van der Waals surface area contributed by atoms with E-state index < -0.39 is 0 Å². The Morgan fingerprint density at radius 2 is 1.39 bits per heavy atom. The smallest absolute Gasteiger partial charge is 0.127 e. The van der Waals surface area contributed by atoms with E-state index in [1.54, 1.807) is 12.1 Å². The average Bonchev–Trinajstić information content (AvgIpc) is 2.58. The van der Waals surface area contributed by atoms with E-state index >= 15 is 0 Å². The van der Waals surface area contributed by atoms with Crippen LogP contribution in [0.2, 0.25) is 0 Å². The first kappa shape index (κ1) is 15.3. The van der Waals surface area contributed by atoms with Crippen LogP contribution >= 0.6 is 0 Å². The number of rotatable bonds is 6. The molecule has 0 saturated heterocycles. The summed E-state index contributed by atoms with van der Waals surface area (Å²) in [5.74, 6) is 1.43. The Morgan fingerprint density at radius 3 is 2.17 bits per heavy atom. The minimum atomic E-state index is -0.209. The van der Waals surface area contributed by atoms with Gasteiger partial charge < -0.3 is 10.1 Å². The summed E-state index contributed by atoms with van der Waals surface area (Å²) < 4.78 is 18.7. The maximum Gasteiger partial charge on any atom is 0.127 e. The van der Waals surface area contributed by atoms with Crippen molar-refractivity contribution in [3.8, 4) is 11.5 Å². The van der Waals surface area contributed by atoms with E-state index in [2.05, 4.69) is 11.4 Å². The first-order chi connectivity index (χ1) is 11.3. The van der Waals surface area contributed by atoms with Gasteiger partial charge in [0.25, 0.3) is 0 Å². The Bertz CT molecular complexity index is 741. The van der Waals surface area contributed by atoms with Crippen LogP contribution in [0.5, 0.6) is 11.5 Å². The highest BCUT2D eigenvalue weighted by Crippen LogP contribution is 2.21. The van der Waals surface area contributed by atoms with Crippen molar-refractivity contribution >= 4 is 0 Å². The number of benzene rings is 3. The van der Waals surface area contributed by atoms with E-state index in [1.165, 1.54) is 12.1 Å². The molecule has 0 aliphatic carbocycles. The van der Waals surface area contributed by atoms with E-state index in [4.69, 9.17) is 4.74 Å². The SMILES string of the molecule is Fc1ccc(CNCc2cccc(Oc3ccccc3)c2)cc1. The van der Waals surface area contributed by atoms with Gasteiger partial charge in [0, 0.05) is 13.1 Å². The predicted molar refractivity (Wildman–Crippen MR) is 89.9 cm³/mol. The van der Waals surface area contributed by atoms with Crippen LogP contribution < -0.4 is 10.1 Å². The lowest BCUT2D eigenvalue weighted by atomic mass is 10.2. The zero-order valence-corrected chi connectivity index (χ0v) is 12.7. The van der Waals surface area contributed by atoms with Gasteiger partial charge in [-0.1, -0.05) is 42.5 Å². The molecule has 0 aromatic heterocycles. The van der Waals surface area contributed by atoms with E-state index in [9.17, 15) is 4.39 Å². The third-order valence-corrected chi connectivity index (χ3v) is 3.45. The van der Waals surface area contributed by atoms with Crippen molar-refractivity contribution in [2.45, 2.75) is 13.1 Å². The van der Waals surface area contributed by atoms with Crippen LogP contribution in [-0.4, -0.2) is 0 Å². The average molecular weight is 307 g/mol. The highest BCUT2D eigenvalue weighted by molar-refractivity contribution is 5.33. The van der Waals surface area contributed by atoms with Crippen LogP contribution in [-0.2, 0) is 13.1 Å². The second kappa shape index (κ2) is 7.56. The standard InChI is InChI=1S/C20H18FNO/c21-18-11-9-16(10-12-18)14-22-15-17-5-4-8-20(13-17)23-19-6-2-1-3-7-19/h1-13,22H,14-15H2. The molecule has 0 radical (unpaired) electrons. The van der Waals surface area contributed by atoms with Crippen molar-refractivity contribution in [2.24, 2.45) is 0 Å². The van der Waals surface area contributed by atoms with Crippen LogP contribution in [0.15, 0.2) is 78.9 Å². The molecule has 3 heteroatoms. The minimum absolute atomic E-state index is 0.209.